The van der Waals surface area contributed by atoms with Crippen LogP contribution in [0, 0.1) is 11.3 Å². The largest absolute Gasteiger partial charge is 0.494 e. The molecule has 0 aliphatic carbocycles. The highest BCUT2D eigenvalue weighted by molar-refractivity contribution is 6.03. The van der Waals surface area contributed by atoms with Crippen LogP contribution >= 0.6 is 0 Å². The number of benzene rings is 2. The molecule has 2 aromatic carbocycles. The second-order valence-electron chi connectivity index (χ2n) is 4.73. The molecule has 0 aliphatic rings. The Labute approximate surface area is 122 Å². The Morgan fingerprint density at radius 3 is 2.81 bits per heavy atom. The fourth-order valence-corrected chi connectivity index (χ4v) is 2.33. The zero-order chi connectivity index (χ0) is 14.8. The van der Waals surface area contributed by atoms with E-state index in [9.17, 15) is 5.11 Å². The Morgan fingerprint density at radius 1 is 1.19 bits per heavy atom. The van der Waals surface area contributed by atoms with Gasteiger partial charge in [-0.1, -0.05) is 24.3 Å². The average Bonchev–Trinajstić information content (AvgIpc) is 2.78. The lowest BCUT2D eigenvalue weighted by molar-refractivity contribution is 0.434. The molecule has 1 heterocycles. The van der Waals surface area contributed by atoms with Gasteiger partial charge in [-0.05, 0) is 24.3 Å². The minimum absolute atomic E-state index is 0.177. The quantitative estimate of drug-likeness (QED) is 0.727. The molecule has 0 fully saturated rings. The number of nitriles is 1. The van der Waals surface area contributed by atoms with Gasteiger partial charge in [0.25, 0.3) is 0 Å². The van der Waals surface area contributed by atoms with Crippen LogP contribution in [0.15, 0.2) is 53.5 Å². The third-order valence-corrected chi connectivity index (χ3v) is 3.43. The Morgan fingerprint density at radius 2 is 2.00 bits per heavy atom. The summed E-state index contributed by atoms with van der Waals surface area (Å²) in [5.41, 5.74) is 2.87. The number of aromatic nitrogens is 1. The number of aliphatic imine (C=N–C) groups is 1. The molecule has 1 N–H and O–H groups in total. The van der Waals surface area contributed by atoms with Crippen LogP contribution in [0.4, 0.5) is 5.69 Å². The van der Waals surface area contributed by atoms with Gasteiger partial charge in [0.2, 0.25) is 5.88 Å². The van der Waals surface area contributed by atoms with Crippen molar-refractivity contribution >= 4 is 22.8 Å². The van der Waals surface area contributed by atoms with E-state index < -0.39 is 0 Å². The third-order valence-electron chi connectivity index (χ3n) is 3.43. The Balaban J connectivity index is 2.07. The lowest BCUT2D eigenvalue weighted by Crippen LogP contribution is -1.86. The number of hydrogen-bond donors (Lipinski definition) is 1. The van der Waals surface area contributed by atoms with Crippen molar-refractivity contribution in [3.05, 3.63) is 59.7 Å². The summed E-state index contributed by atoms with van der Waals surface area (Å²) in [5, 5.41) is 20.1. The van der Waals surface area contributed by atoms with E-state index in [1.54, 1.807) is 29.0 Å². The number of hydrogen-bond acceptors (Lipinski definition) is 3. The average molecular weight is 275 g/mol. The predicted molar refractivity (Wildman–Crippen MR) is 83.0 cm³/mol. The van der Waals surface area contributed by atoms with Crippen molar-refractivity contribution in [3.63, 3.8) is 0 Å². The highest BCUT2D eigenvalue weighted by atomic mass is 16.3. The van der Waals surface area contributed by atoms with Crippen LogP contribution in [0.5, 0.6) is 5.88 Å². The maximum Gasteiger partial charge on any atom is 0.200 e. The SMILES string of the molecule is Cn1c(O)c(C=Nc2cccc(C#N)c2)c2ccccc21. The molecule has 4 nitrogen and oxygen atoms in total. The summed E-state index contributed by atoms with van der Waals surface area (Å²) in [6.07, 6.45) is 1.63. The Kier molecular flexibility index (Phi) is 3.17. The van der Waals surface area contributed by atoms with Crippen molar-refractivity contribution in [1.82, 2.24) is 4.57 Å². The monoisotopic (exact) mass is 275 g/mol. The summed E-state index contributed by atoms with van der Waals surface area (Å²) in [5.74, 6) is 0.177. The van der Waals surface area contributed by atoms with Gasteiger partial charge in [0.05, 0.1) is 28.4 Å². The number of aromatic hydroxyl groups is 1. The van der Waals surface area contributed by atoms with Crippen LogP contribution in [0.2, 0.25) is 0 Å². The smallest absolute Gasteiger partial charge is 0.200 e. The van der Waals surface area contributed by atoms with Gasteiger partial charge >= 0.3 is 0 Å². The van der Waals surface area contributed by atoms with Crippen molar-refractivity contribution in [3.8, 4) is 11.9 Å². The molecular formula is C17H13N3O. The fourth-order valence-electron chi connectivity index (χ4n) is 2.33. The van der Waals surface area contributed by atoms with E-state index in [2.05, 4.69) is 11.1 Å². The summed E-state index contributed by atoms with van der Waals surface area (Å²) in [6, 6.07) is 16.9. The second kappa shape index (κ2) is 5.14. The highest BCUT2D eigenvalue weighted by Crippen LogP contribution is 2.29. The molecule has 3 rings (SSSR count). The van der Waals surface area contributed by atoms with Crippen molar-refractivity contribution in [1.29, 1.82) is 5.26 Å². The first-order valence-corrected chi connectivity index (χ1v) is 6.51. The van der Waals surface area contributed by atoms with Gasteiger partial charge in [-0.25, -0.2) is 0 Å². The van der Waals surface area contributed by atoms with Crippen molar-refractivity contribution < 1.29 is 5.11 Å². The van der Waals surface area contributed by atoms with E-state index in [0.29, 0.717) is 16.8 Å². The molecule has 0 saturated heterocycles. The van der Waals surface area contributed by atoms with Gasteiger partial charge in [-0.2, -0.15) is 5.26 Å². The van der Waals surface area contributed by atoms with Crippen molar-refractivity contribution in [2.75, 3.05) is 0 Å². The maximum absolute atomic E-state index is 10.2. The van der Waals surface area contributed by atoms with Crippen LogP contribution < -0.4 is 0 Å². The molecule has 0 unspecified atom stereocenters. The third kappa shape index (κ3) is 2.26. The van der Waals surface area contributed by atoms with Gasteiger partial charge in [-0.3, -0.25) is 4.99 Å². The minimum atomic E-state index is 0.177. The highest BCUT2D eigenvalue weighted by Gasteiger charge is 2.11. The predicted octanol–water partition coefficient (Wildman–Crippen LogP) is 3.51. The van der Waals surface area contributed by atoms with E-state index >= 15 is 0 Å². The summed E-state index contributed by atoms with van der Waals surface area (Å²) < 4.78 is 1.72. The summed E-state index contributed by atoms with van der Waals surface area (Å²) >= 11 is 0. The first-order chi connectivity index (χ1) is 10.2. The lowest BCUT2D eigenvalue weighted by atomic mass is 10.2. The number of rotatable bonds is 2. The van der Waals surface area contributed by atoms with Gasteiger partial charge in [0.1, 0.15) is 0 Å². The van der Waals surface area contributed by atoms with Gasteiger partial charge in [0.15, 0.2) is 0 Å². The van der Waals surface area contributed by atoms with Crippen LogP contribution in [-0.2, 0) is 7.05 Å². The molecule has 0 atom stereocenters. The van der Waals surface area contributed by atoms with E-state index in [0.717, 1.165) is 10.9 Å². The molecular weight excluding hydrogens is 262 g/mol. The van der Waals surface area contributed by atoms with Gasteiger partial charge in [-0.15, -0.1) is 0 Å². The zero-order valence-electron chi connectivity index (χ0n) is 11.5. The van der Waals surface area contributed by atoms with Crippen LogP contribution in [0.1, 0.15) is 11.1 Å². The summed E-state index contributed by atoms with van der Waals surface area (Å²) in [7, 11) is 1.81. The molecule has 1 aromatic heterocycles. The van der Waals surface area contributed by atoms with E-state index in [-0.39, 0.29) is 5.88 Å². The molecule has 102 valence electrons. The second-order valence-corrected chi connectivity index (χ2v) is 4.73. The van der Waals surface area contributed by atoms with Crippen molar-refractivity contribution in [2.24, 2.45) is 12.0 Å². The van der Waals surface area contributed by atoms with Gasteiger partial charge in [0, 0.05) is 18.6 Å². The number of para-hydroxylation sites is 1. The first kappa shape index (κ1) is 12.9. The van der Waals surface area contributed by atoms with Crippen LogP contribution in [0.25, 0.3) is 10.9 Å². The maximum atomic E-state index is 10.2. The lowest BCUT2D eigenvalue weighted by Gasteiger charge is -1.96. The molecule has 0 aliphatic heterocycles. The Bertz CT molecular complexity index is 885. The molecule has 4 heteroatoms. The molecule has 3 aromatic rings. The molecule has 0 saturated carbocycles. The van der Waals surface area contributed by atoms with Gasteiger partial charge < -0.3 is 9.67 Å². The molecule has 0 spiro atoms. The van der Waals surface area contributed by atoms with Crippen LogP contribution in [0.3, 0.4) is 0 Å². The summed E-state index contributed by atoms with van der Waals surface area (Å²) in [6.45, 7) is 0. The number of nitrogens with zero attached hydrogens (tertiary/aromatic N) is 3. The first-order valence-electron chi connectivity index (χ1n) is 6.51. The molecule has 21 heavy (non-hydrogen) atoms. The standard InChI is InChI=1S/C17H13N3O/c1-20-16-8-3-2-7-14(16)15(17(20)21)11-19-13-6-4-5-12(9-13)10-18/h2-9,11,21H,1H3. The van der Waals surface area contributed by atoms with Crippen LogP contribution in [-0.4, -0.2) is 15.9 Å². The molecule has 0 radical (unpaired) electrons. The fraction of sp³-hybridized carbons (Fsp3) is 0.0588. The minimum Gasteiger partial charge on any atom is -0.494 e. The van der Waals surface area contributed by atoms with E-state index in [1.165, 1.54) is 0 Å². The summed E-state index contributed by atoms with van der Waals surface area (Å²) in [4.78, 5) is 4.36. The topological polar surface area (TPSA) is 61.3 Å². The molecule has 0 amide bonds. The normalized spacial score (nSPS) is 11.0. The molecule has 0 bridgehead atoms. The number of fused-ring (bicyclic) bond motifs is 1. The Hall–Kier alpha value is -3.06. The van der Waals surface area contributed by atoms with E-state index in [4.69, 9.17) is 5.26 Å². The zero-order valence-corrected chi connectivity index (χ0v) is 11.5. The van der Waals surface area contributed by atoms with E-state index in [1.807, 2.05) is 37.4 Å². The van der Waals surface area contributed by atoms with Crippen molar-refractivity contribution in [2.45, 2.75) is 0 Å². The number of aryl methyl sites for hydroxylation is 1.